The molecule has 0 saturated carbocycles. The molecule has 1 atom stereocenters. The lowest BCUT2D eigenvalue weighted by molar-refractivity contribution is -0.116. The van der Waals surface area contributed by atoms with Gasteiger partial charge in [-0.05, 0) is 36.1 Å². The average molecular weight is 409 g/mol. The summed E-state index contributed by atoms with van der Waals surface area (Å²) in [5.74, 6) is -0.678. The van der Waals surface area contributed by atoms with E-state index in [9.17, 15) is 14.4 Å². The summed E-state index contributed by atoms with van der Waals surface area (Å²) in [6.07, 6.45) is 0.758. The minimum absolute atomic E-state index is 0.0357. The van der Waals surface area contributed by atoms with Crippen molar-refractivity contribution in [1.82, 2.24) is 10.6 Å². The van der Waals surface area contributed by atoms with E-state index in [4.69, 9.17) is 17.3 Å². The number of primary amides is 1. The van der Waals surface area contributed by atoms with E-state index in [1.54, 1.807) is 12.1 Å². The summed E-state index contributed by atoms with van der Waals surface area (Å²) < 4.78 is 0. The van der Waals surface area contributed by atoms with Crippen LogP contribution in [0.15, 0.2) is 35.7 Å². The van der Waals surface area contributed by atoms with Crippen LogP contribution in [0.25, 0.3) is 0 Å². The van der Waals surface area contributed by atoms with Crippen LogP contribution in [0.1, 0.15) is 41.0 Å². The number of hydrogen-bond donors (Lipinski definition) is 4. The second-order valence-corrected chi connectivity index (χ2v) is 7.19. The third-order valence-electron chi connectivity index (χ3n) is 3.63. The van der Waals surface area contributed by atoms with Gasteiger partial charge in [-0.15, -0.1) is 11.3 Å². The molecule has 0 bridgehead atoms. The highest BCUT2D eigenvalue weighted by Crippen LogP contribution is 2.25. The summed E-state index contributed by atoms with van der Waals surface area (Å²) in [7, 11) is 0. The number of anilines is 1. The van der Waals surface area contributed by atoms with E-state index in [1.165, 1.54) is 17.4 Å². The van der Waals surface area contributed by atoms with Gasteiger partial charge in [-0.25, -0.2) is 4.79 Å². The minimum Gasteiger partial charge on any atom is -0.352 e. The molecule has 0 spiro atoms. The Bertz CT molecular complexity index is 811. The Hall–Kier alpha value is -2.58. The summed E-state index contributed by atoms with van der Waals surface area (Å²) in [5, 5.41) is 10.3. The fourth-order valence-electron chi connectivity index (χ4n) is 2.42. The first kappa shape index (κ1) is 20.7. The van der Waals surface area contributed by atoms with E-state index in [0.717, 1.165) is 11.3 Å². The first-order valence-corrected chi connectivity index (χ1v) is 9.63. The van der Waals surface area contributed by atoms with Crippen LogP contribution in [0.5, 0.6) is 0 Å². The summed E-state index contributed by atoms with van der Waals surface area (Å²) in [6, 6.07) is 7.01. The van der Waals surface area contributed by atoms with Crippen LogP contribution in [0.3, 0.4) is 0 Å². The highest BCUT2D eigenvalue weighted by molar-refractivity contribution is 7.10. The van der Waals surface area contributed by atoms with Gasteiger partial charge in [0.15, 0.2) is 0 Å². The summed E-state index contributed by atoms with van der Waals surface area (Å²) in [5.41, 5.74) is 5.84. The lowest BCUT2D eigenvalue weighted by atomic mass is 10.1. The molecule has 27 heavy (non-hydrogen) atoms. The maximum Gasteiger partial charge on any atom is 0.312 e. The molecule has 2 aromatic rings. The van der Waals surface area contributed by atoms with Gasteiger partial charge in [0.2, 0.25) is 5.91 Å². The van der Waals surface area contributed by atoms with Crippen molar-refractivity contribution < 1.29 is 14.4 Å². The van der Waals surface area contributed by atoms with E-state index in [2.05, 4.69) is 16.0 Å². The van der Waals surface area contributed by atoms with Gasteiger partial charge in [-0.1, -0.05) is 24.6 Å². The highest BCUT2D eigenvalue weighted by atomic mass is 35.5. The van der Waals surface area contributed by atoms with Crippen LogP contribution >= 0.6 is 22.9 Å². The smallest absolute Gasteiger partial charge is 0.312 e. The molecule has 2 rings (SSSR count). The second-order valence-electron chi connectivity index (χ2n) is 5.77. The van der Waals surface area contributed by atoms with Crippen LogP contribution in [0, 0.1) is 0 Å². The number of nitrogens with one attached hydrogen (secondary N) is 3. The zero-order chi connectivity index (χ0) is 19.8. The van der Waals surface area contributed by atoms with Crippen molar-refractivity contribution in [3.63, 3.8) is 0 Å². The molecule has 0 radical (unpaired) electrons. The molecule has 0 saturated heterocycles. The van der Waals surface area contributed by atoms with Crippen LogP contribution in [-0.4, -0.2) is 24.4 Å². The predicted molar refractivity (Wildman–Crippen MR) is 107 cm³/mol. The quantitative estimate of drug-likeness (QED) is 0.537. The van der Waals surface area contributed by atoms with Crippen molar-refractivity contribution in [3.8, 4) is 0 Å². The van der Waals surface area contributed by atoms with Gasteiger partial charge in [-0.2, -0.15) is 0 Å². The van der Waals surface area contributed by atoms with Crippen molar-refractivity contribution in [3.05, 3.63) is 51.2 Å². The molecule has 0 aliphatic carbocycles. The van der Waals surface area contributed by atoms with E-state index >= 15 is 0 Å². The number of thiophene rings is 1. The molecule has 0 aliphatic rings. The van der Waals surface area contributed by atoms with E-state index in [0.29, 0.717) is 22.8 Å². The van der Waals surface area contributed by atoms with E-state index < -0.39 is 12.1 Å². The van der Waals surface area contributed by atoms with Crippen LogP contribution in [-0.2, 0) is 4.79 Å². The molecule has 0 fully saturated rings. The Morgan fingerprint density at radius 1 is 1.26 bits per heavy atom. The van der Waals surface area contributed by atoms with Gasteiger partial charge in [0.1, 0.15) is 0 Å². The number of urea groups is 1. The van der Waals surface area contributed by atoms with Gasteiger partial charge in [0.25, 0.3) is 5.91 Å². The third kappa shape index (κ3) is 6.26. The summed E-state index contributed by atoms with van der Waals surface area (Å²) in [4.78, 5) is 36.9. The molecule has 7 nitrogen and oxygen atoms in total. The maximum absolute atomic E-state index is 12.5. The number of carbonyl (C=O) groups is 3. The minimum atomic E-state index is -0.719. The number of amides is 4. The Morgan fingerprint density at radius 3 is 2.67 bits per heavy atom. The van der Waals surface area contributed by atoms with Crippen LogP contribution < -0.4 is 21.7 Å². The molecule has 1 aromatic carbocycles. The van der Waals surface area contributed by atoms with E-state index in [1.807, 2.05) is 24.4 Å². The molecular weight excluding hydrogens is 388 g/mol. The second kappa shape index (κ2) is 9.94. The lowest BCUT2D eigenvalue weighted by Crippen LogP contribution is -2.35. The summed E-state index contributed by atoms with van der Waals surface area (Å²) in [6.45, 7) is 2.47. The van der Waals surface area contributed by atoms with Crippen molar-refractivity contribution in [2.24, 2.45) is 5.73 Å². The Morgan fingerprint density at radius 2 is 2.04 bits per heavy atom. The molecule has 9 heteroatoms. The largest absolute Gasteiger partial charge is 0.352 e. The number of halogens is 1. The first-order chi connectivity index (χ1) is 12.9. The van der Waals surface area contributed by atoms with Crippen molar-refractivity contribution in [1.29, 1.82) is 0 Å². The van der Waals surface area contributed by atoms with Crippen molar-refractivity contribution in [2.45, 2.75) is 25.8 Å². The normalized spacial score (nSPS) is 11.5. The topological polar surface area (TPSA) is 113 Å². The van der Waals surface area contributed by atoms with Gasteiger partial charge in [0, 0.05) is 16.4 Å². The summed E-state index contributed by atoms with van der Waals surface area (Å²) >= 11 is 7.42. The zero-order valence-corrected chi connectivity index (χ0v) is 16.3. The number of hydrogen-bond acceptors (Lipinski definition) is 4. The predicted octanol–water partition coefficient (Wildman–Crippen LogP) is 3.28. The monoisotopic (exact) mass is 408 g/mol. The maximum atomic E-state index is 12.5. The van der Waals surface area contributed by atoms with Crippen molar-refractivity contribution in [2.75, 3.05) is 11.9 Å². The standard InChI is InChI=1S/C18H21ClN4O3S/c1-2-7-21-17(25)12-6-5-11(19)9-13(12)22-16(24)10-14(23-18(20)26)15-4-3-8-27-15/h3-6,8-9,14H,2,7,10H2,1H3,(H,21,25)(H,22,24)(H3,20,23,26). The van der Waals surface area contributed by atoms with Crippen molar-refractivity contribution >= 4 is 46.5 Å². The Labute approximate surface area is 166 Å². The molecule has 1 heterocycles. The van der Waals surface area contributed by atoms with Gasteiger partial charge in [-0.3, -0.25) is 9.59 Å². The molecule has 1 aromatic heterocycles. The molecule has 4 amide bonds. The highest BCUT2D eigenvalue weighted by Gasteiger charge is 2.20. The number of rotatable bonds is 8. The van der Waals surface area contributed by atoms with Gasteiger partial charge in [0.05, 0.1) is 23.7 Å². The van der Waals surface area contributed by atoms with Gasteiger partial charge >= 0.3 is 6.03 Å². The van der Waals surface area contributed by atoms with Crippen LogP contribution in [0.4, 0.5) is 10.5 Å². The van der Waals surface area contributed by atoms with E-state index in [-0.39, 0.29) is 18.2 Å². The molecule has 5 N–H and O–H groups in total. The number of nitrogens with two attached hydrogens (primary N) is 1. The fraction of sp³-hybridized carbons (Fsp3) is 0.278. The SMILES string of the molecule is CCCNC(=O)c1ccc(Cl)cc1NC(=O)CC(NC(N)=O)c1cccs1. The van der Waals surface area contributed by atoms with Crippen LogP contribution in [0.2, 0.25) is 5.02 Å². The molecular formula is C18H21ClN4O3S. The number of carbonyl (C=O) groups excluding carboxylic acids is 3. The number of benzene rings is 1. The Balaban J connectivity index is 2.15. The van der Waals surface area contributed by atoms with Gasteiger partial charge < -0.3 is 21.7 Å². The molecule has 1 unspecified atom stereocenters. The lowest BCUT2D eigenvalue weighted by Gasteiger charge is -2.17. The molecule has 144 valence electrons. The fourth-order valence-corrected chi connectivity index (χ4v) is 3.37. The first-order valence-electron chi connectivity index (χ1n) is 8.37. The average Bonchev–Trinajstić information content (AvgIpc) is 3.13. The zero-order valence-electron chi connectivity index (χ0n) is 14.8. The Kier molecular flexibility index (Phi) is 7.63. The third-order valence-corrected chi connectivity index (χ3v) is 4.85. The molecule has 0 aliphatic heterocycles.